The van der Waals surface area contributed by atoms with Crippen LogP contribution in [-0.4, -0.2) is 69.4 Å². The van der Waals surface area contributed by atoms with Crippen LogP contribution in [0.5, 0.6) is 0 Å². The van der Waals surface area contributed by atoms with E-state index in [4.69, 9.17) is 9.47 Å². The Kier molecular flexibility index (Phi) is 5.25. The molecule has 132 valence electrons. The average molecular weight is 346 g/mol. The van der Waals surface area contributed by atoms with Crippen LogP contribution in [0.4, 0.5) is 0 Å². The van der Waals surface area contributed by atoms with Gasteiger partial charge in [-0.2, -0.15) is 4.31 Å². The van der Waals surface area contributed by atoms with E-state index >= 15 is 0 Å². The topological polar surface area (TPSA) is 84.9 Å². The Morgan fingerprint density at radius 1 is 1.17 bits per heavy atom. The third-order valence-corrected chi connectivity index (χ3v) is 6.43. The molecule has 3 fully saturated rings. The van der Waals surface area contributed by atoms with Crippen molar-refractivity contribution in [3.8, 4) is 0 Å². The zero-order valence-corrected chi connectivity index (χ0v) is 14.4. The zero-order chi connectivity index (χ0) is 16.4. The largest absolute Gasteiger partial charge is 0.381 e. The maximum atomic E-state index is 12.3. The van der Waals surface area contributed by atoms with Crippen LogP contribution in [0.25, 0.3) is 0 Å². The number of carbonyl (C=O) groups excluding carboxylic acids is 1. The van der Waals surface area contributed by atoms with Gasteiger partial charge < -0.3 is 14.8 Å². The number of amides is 1. The summed E-state index contributed by atoms with van der Waals surface area (Å²) in [6.07, 6.45) is 4.54. The highest BCUT2D eigenvalue weighted by molar-refractivity contribution is 7.88. The van der Waals surface area contributed by atoms with Gasteiger partial charge in [0.25, 0.3) is 0 Å². The fraction of sp³-hybridized carbons (Fsp3) is 0.933. The molecule has 0 aromatic heterocycles. The molecule has 0 unspecified atom stereocenters. The van der Waals surface area contributed by atoms with E-state index in [0.717, 1.165) is 26.1 Å². The summed E-state index contributed by atoms with van der Waals surface area (Å²) in [5.41, 5.74) is 0. The van der Waals surface area contributed by atoms with Gasteiger partial charge in [0.05, 0.1) is 18.4 Å². The van der Waals surface area contributed by atoms with E-state index < -0.39 is 16.1 Å². The van der Waals surface area contributed by atoms with Crippen molar-refractivity contribution in [1.29, 1.82) is 0 Å². The standard InChI is InChI=1S/C15H26N2O5S/c1-23(19,20)17-7-4-13-12(17)2-3-14(22-13)15(18)16-10-11-5-8-21-9-6-11/h11-14H,2-10H2,1H3,(H,16,18)/t12-,13-,14+/m1/s1. The summed E-state index contributed by atoms with van der Waals surface area (Å²) in [5, 5.41) is 2.99. The first-order chi connectivity index (χ1) is 10.9. The molecule has 3 atom stereocenters. The van der Waals surface area contributed by atoms with Gasteiger partial charge in [-0.1, -0.05) is 0 Å². The molecule has 0 saturated carbocycles. The van der Waals surface area contributed by atoms with Gasteiger partial charge in [0.1, 0.15) is 6.10 Å². The van der Waals surface area contributed by atoms with Crippen molar-refractivity contribution in [2.75, 3.05) is 32.6 Å². The molecular formula is C15H26N2O5S. The predicted octanol–water partition coefficient (Wildman–Crippen LogP) is 0.111. The second-order valence-electron chi connectivity index (χ2n) is 6.77. The van der Waals surface area contributed by atoms with Gasteiger partial charge in [-0.25, -0.2) is 8.42 Å². The first-order valence-electron chi connectivity index (χ1n) is 8.43. The summed E-state index contributed by atoms with van der Waals surface area (Å²) < 4.78 is 36.3. The Balaban J connectivity index is 1.49. The Bertz CT molecular complexity index is 532. The number of nitrogens with zero attached hydrogens (tertiary/aromatic N) is 1. The molecule has 3 aliphatic rings. The minimum Gasteiger partial charge on any atom is -0.381 e. The van der Waals surface area contributed by atoms with E-state index in [1.54, 1.807) is 0 Å². The number of hydrogen-bond acceptors (Lipinski definition) is 5. The molecule has 0 aromatic carbocycles. The monoisotopic (exact) mass is 346 g/mol. The normalized spacial score (nSPS) is 33.3. The number of hydrogen-bond donors (Lipinski definition) is 1. The van der Waals surface area contributed by atoms with Gasteiger partial charge >= 0.3 is 0 Å². The van der Waals surface area contributed by atoms with Crippen LogP contribution in [-0.2, 0) is 24.3 Å². The van der Waals surface area contributed by atoms with Crippen molar-refractivity contribution in [2.45, 2.75) is 50.4 Å². The molecule has 0 spiro atoms. The number of ether oxygens (including phenoxy) is 2. The van der Waals surface area contributed by atoms with Gasteiger partial charge in [-0.3, -0.25) is 4.79 Å². The SMILES string of the molecule is CS(=O)(=O)N1CC[C@H]2O[C@H](C(=O)NCC3CCOCC3)CC[C@H]21. The summed E-state index contributed by atoms with van der Waals surface area (Å²) >= 11 is 0. The average Bonchev–Trinajstić information content (AvgIpc) is 2.96. The van der Waals surface area contributed by atoms with E-state index in [1.807, 2.05) is 0 Å². The van der Waals surface area contributed by atoms with E-state index in [2.05, 4.69) is 5.32 Å². The van der Waals surface area contributed by atoms with Crippen LogP contribution in [0.3, 0.4) is 0 Å². The van der Waals surface area contributed by atoms with Crippen molar-refractivity contribution in [1.82, 2.24) is 9.62 Å². The Hall–Kier alpha value is -0.700. The van der Waals surface area contributed by atoms with Crippen LogP contribution in [0, 0.1) is 5.92 Å². The van der Waals surface area contributed by atoms with Gasteiger partial charge in [-0.05, 0) is 38.0 Å². The van der Waals surface area contributed by atoms with Crippen LogP contribution in [0.1, 0.15) is 32.1 Å². The lowest BCUT2D eigenvalue weighted by molar-refractivity contribution is -0.143. The smallest absolute Gasteiger partial charge is 0.249 e. The predicted molar refractivity (Wildman–Crippen MR) is 84.4 cm³/mol. The van der Waals surface area contributed by atoms with Crippen LogP contribution >= 0.6 is 0 Å². The molecule has 1 amide bonds. The quantitative estimate of drug-likeness (QED) is 0.781. The molecule has 0 radical (unpaired) electrons. The zero-order valence-electron chi connectivity index (χ0n) is 13.6. The lowest BCUT2D eigenvalue weighted by Crippen LogP contribution is -2.49. The molecule has 3 rings (SSSR count). The number of nitrogens with one attached hydrogen (secondary N) is 1. The van der Waals surface area contributed by atoms with Gasteiger partial charge in [0, 0.05) is 26.3 Å². The molecule has 3 aliphatic heterocycles. The highest BCUT2D eigenvalue weighted by atomic mass is 32.2. The fourth-order valence-electron chi connectivity index (χ4n) is 3.80. The summed E-state index contributed by atoms with van der Waals surface area (Å²) in [4.78, 5) is 12.3. The van der Waals surface area contributed by atoms with E-state index in [0.29, 0.717) is 38.3 Å². The molecule has 8 heteroatoms. The van der Waals surface area contributed by atoms with Crippen LogP contribution in [0.15, 0.2) is 0 Å². The maximum absolute atomic E-state index is 12.3. The number of sulfonamides is 1. The lowest BCUT2D eigenvalue weighted by Gasteiger charge is -2.34. The highest BCUT2D eigenvalue weighted by Gasteiger charge is 2.44. The molecule has 0 aliphatic carbocycles. The molecule has 3 saturated heterocycles. The maximum Gasteiger partial charge on any atom is 0.249 e. The summed E-state index contributed by atoms with van der Waals surface area (Å²) in [6, 6.07) is -0.107. The molecule has 0 aromatic rings. The lowest BCUT2D eigenvalue weighted by atomic mass is 9.98. The Morgan fingerprint density at radius 3 is 2.61 bits per heavy atom. The van der Waals surface area contributed by atoms with Crippen molar-refractivity contribution in [3.63, 3.8) is 0 Å². The second-order valence-corrected chi connectivity index (χ2v) is 8.71. The Morgan fingerprint density at radius 2 is 1.91 bits per heavy atom. The van der Waals surface area contributed by atoms with Crippen molar-refractivity contribution >= 4 is 15.9 Å². The molecular weight excluding hydrogens is 320 g/mol. The van der Waals surface area contributed by atoms with Crippen LogP contribution < -0.4 is 5.32 Å². The minimum atomic E-state index is -3.19. The fourth-order valence-corrected chi connectivity index (χ4v) is 4.97. The van der Waals surface area contributed by atoms with Crippen molar-refractivity contribution < 1.29 is 22.7 Å². The van der Waals surface area contributed by atoms with Gasteiger partial charge in [0.15, 0.2) is 0 Å². The summed E-state index contributed by atoms with van der Waals surface area (Å²) in [5.74, 6) is 0.420. The van der Waals surface area contributed by atoms with E-state index in [-0.39, 0.29) is 18.1 Å². The molecule has 1 N–H and O–H groups in total. The molecule has 0 bridgehead atoms. The van der Waals surface area contributed by atoms with Crippen molar-refractivity contribution in [3.05, 3.63) is 0 Å². The third kappa shape index (κ3) is 4.04. The number of carbonyl (C=O) groups is 1. The van der Waals surface area contributed by atoms with Gasteiger partial charge in [-0.15, -0.1) is 0 Å². The van der Waals surface area contributed by atoms with E-state index in [9.17, 15) is 13.2 Å². The first kappa shape index (κ1) is 17.1. The molecule has 23 heavy (non-hydrogen) atoms. The number of fused-ring (bicyclic) bond motifs is 1. The van der Waals surface area contributed by atoms with Crippen molar-refractivity contribution in [2.24, 2.45) is 5.92 Å². The summed E-state index contributed by atoms with van der Waals surface area (Å²) in [7, 11) is -3.19. The Labute approximate surface area is 137 Å². The molecule has 3 heterocycles. The van der Waals surface area contributed by atoms with Crippen LogP contribution in [0.2, 0.25) is 0 Å². The van der Waals surface area contributed by atoms with Gasteiger partial charge in [0.2, 0.25) is 15.9 Å². The van der Waals surface area contributed by atoms with E-state index in [1.165, 1.54) is 10.6 Å². The highest BCUT2D eigenvalue weighted by Crippen LogP contribution is 2.33. The third-order valence-electron chi connectivity index (χ3n) is 5.12. The second kappa shape index (κ2) is 7.04. The summed E-state index contributed by atoms with van der Waals surface area (Å²) in [6.45, 7) is 2.70. The molecule has 7 nitrogen and oxygen atoms in total. The first-order valence-corrected chi connectivity index (χ1v) is 10.3. The minimum absolute atomic E-state index is 0.0623. The number of rotatable bonds is 4.